The van der Waals surface area contributed by atoms with Crippen molar-refractivity contribution in [2.75, 3.05) is 10.6 Å². The second-order valence-electron chi connectivity index (χ2n) is 5.35. The van der Waals surface area contributed by atoms with Crippen LogP contribution in [0.2, 0.25) is 0 Å². The van der Waals surface area contributed by atoms with Gasteiger partial charge in [0.15, 0.2) is 0 Å². The van der Waals surface area contributed by atoms with Gasteiger partial charge >= 0.3 is 0 Å². The number of hydrogen-bond acceptors (Lipinski definition) is 3. The minimum Gasteiger partial charge on any atom is -0.375 e. The number of thiophene rings is 1. The molecule has 1 aliphatic heterocycles. The number of hydrogen-bond donors (Lipinski definition) is 2. The minimum absolute atomic E-state index is 0.0120. The highest BCUT2D eigenvalue weighted by atomic mass is 32.1. The zero-order valence-electron chi connectivity index (χ0n) is 12.0. The Morgan fingerprint density at radius 2 is 2.14 bits per heavy atom. The molecule has 0 saturated heterocycles. The van der Waals surface area contributed by atoms with Crippen molar-refractivity contribution >= 4 is 28.6 Å². The Hall–Kier alpha value is -1.88. The quantitative estimate of drug-likeness (QED) is 0.890. The van der Waals surface area contributed by atoms with Crippen LogP contribution in [0, 0.1) is 12.7 Å². The van der Waals surface area contributed by atoms with Crippen LogP contribution >= 0.6 is 11.3 Å². The molecule has 1 atom stereocenters. The lowest BCUT2D eigenvalue weighted by molar-refractivity contribution is -0.116. The number of nitrogens with one attached hydrogen (secondary N) is 2. The Labute approximate surface area is 127 Å². The fourth-order valence-electron chi connectivity index (χ4n) is 2.50. The molecule has 0 bridgehead atoms. The van der Waals surface area contributed by atoms with Crippen LogP contribution in [0.1, 0.15) is 34.7 Å². The molecule has 1 aromatic carbocycles. The normalized spacial score (nSPS) is 15.3. The number of halogens is 1. The number of benzene rings is 1. The molecule has 3 rings (SSSR count). The van der Waals surface area contributed by atoms with Crippen molar-refractivity contribution in [3.63, 3.8) is 0 Å². The van der Waals surface area contributed by atoms with Gasteiger partial charge in [0.1, 0.15) is 5.82 Å². The van der Waals surface area contributed by atoms with Crippen LogP contribution in [0.15, 0.2) is 24.3 Å². The molecule has 2 N–H and O–H groups in total. The fourth-order valence-corrected chi connectivity index (χ4v) is 3.38. The molecule has 3 nitrogen and oxygen atoms in total. The Bertz CT molecular complexity index is 696. The zero-order valence-corrected chi connectivity index (χ0v) is 12.8. The van der Waals surface area contributed by atoms with E-state index in [4.69, 9.17) is 0 Å². The highest BCUT2D eigenvalue weighted by Crippen LogP contribution is 2.32. The standard InChI is InChI=1S/C16H17FN2OS/c1-9-3-5-15(21-9)10(2)18-14-8-13-11(7-12(14)17)4-6-16(20)19-13/h3,5,7-8,10,18H,4,6H2,1-2H3,(H,19,20). The van der Waals surface area contributed by atoms with Crippen LogP contribution in [0.5, 0.6) is 0 Å². The van der Waals surface area contributed by atoms with Crippen molar-refractivity contribution in [2.24, 2.45) is 0 Å². The van der Waals surface area contributed by atoms with Crippen molar-refractivity contribution in [3.05, 3.63) is 45.4 Å². The Morgan fingerprint density at radius 3 is 2.86 bits per heavy atom. The van der Waals surface area contributed by atoms with Gasteiger partial charge in [-0.15, -0.1) is 11.3 Å². The molecule has 0 spiro atoms. The van der Waals surface area contributed by atoms with E-state index >= 15 is 0 Å². The van der Waals surface area contributed by atoms with E-state index in [0.29, 0.717) is 24.2 Å². The van der Waals surface area contributed by atoms with Gasteiger partial charge in [-0.1, -0.05) is 0 Å². The van der Waals surface area contributed by atoms with E-state index < -0.39 is 0 Å². The number of carbonyl (C=O) groups is 1. The predicted molar refractivity (Wildman–Crippen MR) is 84.4 cm³/mol. The summed E-state index contributed by atoms with van der Waals surface area (Å²) in [5.74, 6) is -0.285. The number of amides is 1. The molecule has 1 unspecified atom stereocenters. The number of anilines is 2. The zero-order chi connectivity index (χ0) is 15.0. The summed E-state index contributed by atoms with van der Waals surface area (Å²) in [6.45, 7) is 4.05. The summed E-state index contributed by atoms with van der Waals surface area (Å²) in [6, 6.07) is 7.34. The molecule has 110 valence electrons. The summed E-state index contributed by atoms with van der Waals surface area (Å²) >= 11 is 1.70. The number of carbonyl (C=O) groups excluding carboxylic acids is 1. The largest absolute Gasteiger partial charge is 0.375 e. The van der Waals surface area contributed by atoms with E-state index in [2.05, 4.69) is 29.7 Å². The van der Waals surface area contributed by atoms with Crippen LogP contribution < -0.4 is 10.6 Å². The number of rotatable bonds is 3. The summed E-state index contributed by atoms with van der Waals surface area (Å²) in [7, 11) is 0. The van der Waals surface area contributed by atoms with Crippen molar-refractivity contribution in [2.45, 2.75) is 32.7 Å². The average Bonchev–Trinajstić information content (AvgIpc) is 2.87. The lowest BCUT2D eigenvalue weighted by Gasteiger charge is -2.20. The van der Waals surface area contributed by atoms with Gasteiger partial charge in [0.05, 0.1) is 11.7 Å². The first-order valence-corrected chi connectivity index (χ1v) is 7.80. The third kappa shape index (κ3) is 2.93. The predicted octanol–water partition coefficient (Wildman–Crippen LogP) is 4.25. The van der Waals surface area contributed by atoms with Crippen LogP contribution in [0.3, 0.4) is 0 Å². The molecule has 1 amide bonds. The lowest BCUT2D eigenvalue weighted by Crippen LogP contribution is -2.19. The van der Waals surface area contributed by atoms with Gasteiger partial charge in [0, 0.05) is 21.9 Å². The SMILES string of the molecule is Cc1ccc(C(C)Nc2cc3c(cc2F)CCC(=O)N3)s1. The molecule has 0 radical (unpaired) electrons. The highest BCUT2D eigenvalue weighted by Gasteiger charge is 2.18. The topological polar surface area (TPSA) is 41.1 Å². The number of aryl methyl sites for hydroxylation is 2. The van der Waals surface area contributed by atoms with Gasteiger partial charge in [-0.05, 0) is 50.1 Å². The molecular weight excluding hydrogens is 287 g/mol. The fraction of sp³-hybridized carbons (Fsp3) is 0.312. The molecule has 0 saturated carbocycles. The first kappa shape index (κ1) is 14.1. The summed E-state index contributed by atoms with van der Waals surface area (Å²) in [6.07, 6.45) is 1.02. The van der Waals surface area contributed by atoms with Gasteiger partial charge in [0.25, 0.3) is 0 Å². The summed E-state index contributed by atoms with van der Waals surface area (Å²) in [4.78, 5) is 13.8. The van der Waals surface area contributed by atoms with Gasteiger partial charge in [-0.3, -0.25) is 4.79 Å². The molecule has 1 aromatic heterocycles. The van der Waals surface area contributed by atoms with Gasteiger partial charge in [0.2, 0.25) is 5.91 Å². The molecule has 5 heteroatoms. The van der Waals surface area contributed by atoms with Crippen molar-refractivity contribution < 1.29 is 9.18 Å². The summed E-state index contributed by atoms with van der Waals surface area (Å²) in [5.41, 5.74) is 2.00. The maximum absolute atomic E-state index is 14.2. The first-order valence-electron chi connectivity index (χ1n) is 6.98. The van der Waals surface area contributed by atoms with Gasteiger partial charge in [-0.2, -0.15) is 0 Å². The molecular formula is C16H17FN2OS. The molecule has 0 aliphatic carbocycles. The van der Waals surface area contributed by atoms with E-state index in [1.165, 1.54) is 10.9 Å². The Balaban J connectivity index is 1.85. The minimum atomic E-state index is -0.273. The monoisotopic (exact) mass is 304 g/mol. The number of fused-ring (bicyclic) bond motifs is 1. The van der Waals surface area contributed by atoms with E-state index in [0.717, 1.165) is 10.4 Å². The molecule has 2 heterocycles. The van der Waals surface area contributed by atoms with E-state index in [9.17, 15) is 9.18 Å². The second-order valence-corrected chi connectivity index (χ2v) is 6.67. The maximum atomic E-state index is 14.2. The van der Waals surface area contributed by atoms with Crippen molar-refractivity contribution in [1.82, 2.24) is 0 Å². The third-order valence-corrected chi connectivity index (χ3v) is 4.83. The Kier molecular flexibility index (Phi) is 3.68. The molecule has 21 heavy (non-hydrogen) atoms. The average molecular weight is 304 g/mol. The van der Waals surface area contributed by atoms with Crippen LogP contribution in [0.4, 0.5) is 15.8 Å². The molecule has 1 aliphatic rings. The highest BCUT2D eigenvalue weighted by molar-refractivity contribution is 7.12. The van der Waals surface area contributed by atoms with E-state index in [1.807, 2.05) is 6.92 Å². The lowest BCUT2D eigenvalue weighted by atomic mass is 10.0. The third-order valence-electron chi connectivity index (χ3n) is 3.65. The Morgan fingerprint density at radius 1 is 1.33 bits per heavy atom. The first-order chi connectivity index (χ1) is 10.0. The van der Waals surface area contributed by atoms with Crippen LogP contribution in [-0.4, -0.2) is 5.91 Å². The second kappa shape index (κ2) is 5.48. The van der Waals surface area contributed by atoms with E-state index in [-0.39, 0.29) is 17.8 Å². The smallest absolute Gasteiger partial charge is 0.224 e. The van der Waals surface area contributed by atoms with Crippen molar-refractivity contribution in [1.29, 1.82) is 0 Å². The molecule has 0 fully saturated rings. The van der Waals surface area contributed by atoms with Gasteiger partial charge < -0.3 is 10.6 Å². The van der Waals surface area contributed by atoms with Gasteiger partial charge in [-0.25, -0.2) is 4.39 Å². The maximum Gasteiger partial charge on any atom is 0.224 e. The summed E-state index contributed by atoms with van der Waals surface area (Å²) in [5, 5.41) is 5.99. The summed E-state index contributed by atoms with van der Waals surface area (Å²) < 4.78 is 14.2. The molecule has 2 aromatic rings. The van der Waals surface area contributed by atoms with E-state index in [1.54, 1.807) is 17.4 Å². The van der Waals surface area contributed by atoms with Crippen LogP contribution in [0.25, 0.3) is 0 Å². The van der Waals surface area contributed by atoms with Crippen molar-refractivity contribution in [3.8, 4) is 0 Å². The van der Waals surface area contributed by atoms with Crippen LogP contribution in [-0.2, 0) is 11.2 Å².